The van der Waals surface area contributed by atoms with E-state index in [0.29, 0.717) is 19.0 Å². The van der Waals surface area contributed by atoms with Gasteiger partial charge in [0.15, 0.2) is 0 Å². The highest BCUT2D eigenvalue weighted by molar-refractivity contribution is 6.62. The van der Waals surface area contributed by atoms with E-state index in [1.165, 1.54) is 0 Å². The molecular formula is C10H13ClN2O3. The minimum Gasteiger partial charge on any atom is -0.472 e. The average Bonchev–Trinajstić information content (AvgIpc) is 2.65. The van der Waals surface area contributed by atoms with Gasteiger partial charge in [-0.2, -0.15) is 0 Å². The second kappa shape index (κ2) is 4.74. The summed E-state index contributed by atoms with van der Waals surface area (Å²) in [5, 5.41) is 3.37. The first-order valence-corrected chi connectivity index (χ1v) is 5.57. The lowest BCUT2D eigenvalue weighted by Gasteiger charge is -2.29. The molecule has 88 valence electrons. The van der Waals surface area contributed by atoms with Crippen LogP contribution in [-0.2, 0) is 0 Å². The monoisotopic (exact) mass is 244 g/mol. The number of likely N-dealkylation sites (tertiary alicyclic amines) is 1. The fraction of sp³-hybridized carbons (Fsp3) is 0.600. The van der Waals surface area contributed by atoms with E-state index in [1.54, 1.807) is 11.0 Å². The lowest BCUT2D eigenvalue weighted by atomic mass is 10.1. The van der Waals surface area contributed by atoms with Crippen molar-refractivity contribution < 1.29 is 14.1 Å². The van der Waals surface area contributed by atoms with Gasteiger partial charge in [0.05, 0.1) is 0 Å². The number of ether oxygens (including phenoxy) is 1. The molecule has 16 heavy (non-hydrogen) atoms. The van der Waals surface area contributed by atoms with Gasteiger partial charge in [0.1, 0.15) is 11.9 Å². The maximum atomic E-state index is 10.9. The van der Waals surface area contributed by atoms with Crippen LogP contribution >= 0.6 is 11.6 Å². The van der Waals surface area contributed by atoms with Gasteiger partial charge in [0.25, 0.3) is 5.88 Å². The van der Waals surface area contributed by atoms with Crippen molar-refractivity contribution in [3.05, 3.63) is 11.8 Å². The van der Waals surface area contributed by atoms with Crippen LogP contribution in [0.3, 0.4) is 0 Å². The number of hydrogen-bond donors (Lipinski definition) is 0. The maximum absolute atomic E-state index is 10.9. The summed E-state index contributed by atoms with van der Waals surface area (Å²) in [4.78, 5) is 12.5. The van der Waals surface area contributed by atoms with E-state index in [0.717, 1.165) is 18.6 Å². The van der Waals surface area contributed by atoms with Crippen LogP contribution in [0.2, 0.25) is 0 Å². The first-order valence-electron chi connectivity index (χ1n) is 5.19. The molecule has 0 spiro atoms. The summed E-state index contributed by atoms with van der Waals surface area (Å²) in [7, 11) is 0. The van der Waals surface area contributed by atoms with Gasteiger partial charge < -0.3 is 14.2 Å². The van der Waals surface area contributed by atoms with Crippen molar-refractivity contribution in [2.24, 2.45) is 0 Å². The molecule has 6 heteroatoms. The number of aryl methyl sites for hydroxylation is 1. The second-order valence-electron chi connectivity index (χ2n) is 3.83. The molecule has 0 atom stereocenters. The van der Waals surface area contributed by atoms with Gasteiger partial charge >= 0.3 is 5.37 Å². The fourth-order valence-corrected chi connectivity index (χ4v) is 1.89. The molecule has 0 bridgehead atoms. The van der Waals surface area contributed by atoms with E-state index in [9.17, 15) is 4.79 Å². The molecule has 0 unspecified atom stereocenters. The van der Waals surface area contributed by atoms with Crippen LogP contribution in [0.4, 0.5) is 4.79 Å². The lowest BCUT2D eigenvalue weighted by Crippen LogP contribution is -2.39. The highest BCUT2D eigenvalue weighted by atomic mass is 35.5. The van der Waals surface area contributed by atoms with Gasteiger partial charge in [-0.1, -0.05) is 0 Å². The topological polar surface area (TPSA) is 55.6 Å². The smallest absolute Gasteiger partial charge is 0.316 e. The van der Waals surface area contributed by atoms with Crippen LogP contribution in [0.1, 0.15) is 18.6 Å². The van der Waals surface area contributed by atoms with Crippen LogP contribution in [0.25, 0.3) is 0 Å². The quantitative estimate of drug-likeness (QED) is 0.591. The van der Waals surface area contributed by atoms with Crippen molar-refractivity contribution in [3.8, 4) is 5.88 Å². The molecular weight excluding hydrogens is 232 g/mol. The highest BCUT2D eigenvalue weighted by Crippen LogP contribution is 2.19. The standard InChI is InChI=1S/C10H13ClN2O3/c1-7-6-9(12-16-7)15-8-2-4-13(5-3-8)10(11)14/h6,8H,2-5H2,1H3. The van der Waals surface area contributed by atoms with Crippen LogP contribution in [0.5, 0.6) is 5.88 Å². The summed E-state index contributed by atoms with van der Waals surface area (Å²) in [6.07, 6.45) is 1.62. The molecule has 1 aromatic rings. The second-order valence-corrected chi connectivity index (χ2v) is 4.16. The number of piperidine rings is 1. The van der Waals surface area contributed by atoms with E-state index in [1.807, 2.05) is 6.92 Å². The fourth-order valence-electron chi connectivity index (χ4n) is 1.72. The summed E-state index contributed by atoms with van der Waals surface area (Å²) >= 11 is 5.39. The van der Waals surface area contributed by atoms with Crippen molar-refractivity contribution in [1.29, 1.82) is 0 Å². The van der Waals surface area contributed by atoms with Crippen LogP contribution in [-0.4, -0.2) is 34.6 Å². The number of nitrogens with zero attached hydrogens (tertiary/aromatic N) is 2. The van der Waals surface area contributed by atoms with E-state index >= 15 is 0 Å². The average molecular weight is 245 g/mol. The van der Waals surface area contributed by atoms with Crippen molar-refractivity contribution in [2.75, 3.05) is 13.1 Å². The van der Waals surface area contributed by atoms with Crippen LogP contribution in [0, 0.1) is 6.92 Å². The molecule has 0 N–H and O–H groups in total. The van der Waals surface area contributed by atoms with Crippen molar-refractivity contribution in [2.45, 2.75) is 25.9 Å². The summed E-state index contributed by atoms with van der Waals surface area (Å²) in [6, 6.07) is 1.75. The number of carbonyl (C=O) groups is 1. The Labute approximate surface area is 98.3 Å². The lowest BCUT2D eigenvalue weighted by molar-refractivity contribution is 0.110. The molecule has 2 rings (SSSR count). The molecule has 5 nitrogen and oxygen atoms in total. The van der Waals surface area contributed by atoms with Crippen LogP contribution < -0.4 is 4.74 Å². The third kappa shape index (κ3) is 2.66. The number of aromatic nitrogens is 1. The third-order valence-corrected chi connectivity index (χ3v) is 2.82. The third-order valence-electron chi connectivity index (χ3n) is 2.58. The number of rotatable bonds is 2. The summed E-state index contributed by atoms with van der Waals surface area (Å²) in [5.74, 6) is 1.23. The number of amides is 1. The zero-order valence-corrected chi connectivity index (χ0v) is 9.74. The number of hydrogen-bond acceptors (Lipinski definition) is 4. The molecule has 0 aliphatic carbocycles. The Hall–Kier alpha value is -1.23. The Balaban J connectivity index is 1.83. The van der Waals surface area contributed by atoms with E-state index in [-0.39, 0.29) is 6.10 Å². The zero-order valence-electron chi connectivity index (χ0n) is 8.98. The Morgan fingerprint density at radius 1 is 1.62 bits per heavy atom. The van der Waals surface area contributed by atoms with Gasteiger partial charge in [-0.15, -0.1) is 0 Å². The molecule has 0 aromatic carbocycles. The highest BCUT2D eigenvalue weighted by Gasteiger charge is 2.23. The van der Waals surface area contributed by atoms with Crippen molar-refractivity contribution in [3.63, 3.8) is 0 Å². The molecule has 1 aliphatic rings. The largest absolute Gasteiger partial charge is 0.472 e. The van der Waals surface area contributed by atoms with Crippen molar-refractivity contribution in [1.82, 2.24) is 10.1 Å². The Bertz CT molecular complexity index is 372. The van der Waals surface area contributed by atoms with Crippen molar-refractivity contribution >= 4 is 17.0 Å². The summed E-state index contributed by atoms with van der Waals surface area (Å²) in [6.45, 7) is 3.07. The maximum Gasteiger partial charge on any atom is 0.316 e. The Morgan fingerprint density at radius 3 is 2.81 bits per heavy atom. The zero-order chi connectivity index (χ0) is 11.5. The Morgan fingerprint density at radius 2 is 2.31 bits per heavy atom. The molecule has 1 aromatic heterocycles. The molecule has 0 radical (unpaired) electrons. The molecule has 1 aliphatic heterocycles. The van der Waals surface area contributed by atoms with E-state index in [2.05, 4.69) is 5.16 Å². The van der Waals surface area contributed by atoms with Crippen LogP contribution in [0.15, 0.2) is 10.6 Å². The molecule has 0 saturated carbocycles. The van der Waals surface area contributed by atoms with Gasteiger partial charge in [-0.3, -0.25) is 4.79 Å². The van der Waals surface area contributed by atoms with Gasteiger partial charge in [0, 0.05) is 32.0 Å². The molecule has 1 saturated heterocycles. The summed E-state index contributed by atoms with van der Waals surface area (Å²) in [5.41, 5.74) is 0. The first kappa shape index (κ1) is 11.3. The van der Waals surface area contributed by atoms with Gasteiger partial charge in [-0.05, 0) is 23.7 Å². The number of carbonyl (C=O) groups excluding carboxylic acids is 1. The summed E-state index contributed by atoms with van der Waals surface area (Å²) < 4.78 is 10.5. The van der Waals surface area contributed by atoms with E-state index < -0.39 is 5.37 Å². The van der Waals surface area contributed by atoms with Gasteiger partial charge in [0.2, 0.25) is 0 Å². The molecule has 1 amide bonds. The predicted molar refractivity (Wildman–Crippen MR) is 57.7 cm³/mol. The SMILES string of the molecule is Cc1cc(OC2CCN(C(=O)Cl)CC2)no1. The minimum atomic E-state index is -0.393. The number of halogens is 1. The predicted octanol–water partition coefficient (Wildman–Crippen LogP) is 2.19. The Kier molecular flexibility index (Phi) is 3.33. The molecule has 2 heterocycles. The van der Waals surface area contributed by atoms with Gasteiger partial charge in [-0.25, -0.2) is 0 Å². The normalized spacial score (nSPS) is 17.5. The molecule has 1 fully saturated rings. The minimum absolute atomic E-state index is 0.0803. The first-order chi connectivity index (χ1) is 7.65. The van der Waals surface area contributed by atoms with E-state index in [4.69, 9.17) is 20.9 Å².